The van der Waals surface area contributed by atoms with Crippen molar-refractivity contribution in [2.24, 2.45) is 5.73 Å². The van der Waals surface area contributed by atoms with Gasteiger partial charge < -0.3 is 11.1 Å². The number of nitrogens with one attached hydrogen (secondary N) is 1. The summed E-state index contributed by atoms with van der Waals surface area (Å²) in [5.74, 6) is -0.0877. The van der Waals surface area contributed by atoms with Crippen molar-refractivity contribution in [3.8, 4) is 0 Å². The van der Waals surface area contributed by atoms with Gasteiger partial charge in [0.1, 0.15) is 0 Å². The first-order valence-electron chi connectivity index (χ1n) is 6.36. The Bertz CT molecular complexity index is 567. The summed E-state index contributed by atoms with van der Waals surface area (Å²) in [5.41, 5.74) is 9.22. The molecule has 0 saturated carbocycles. The summed E-state index contributed by atoms with van der Waals surface area (Å²) in [6.45, 7) is 2.60. The van der Waals surface area contributed by atoms with Crippen molar-refractivity contribution >= 4 is 24.0 Å². The van der Waals surface area contributed by atoms with E-state index in [1.807, 2.05) is 55.5 Å². The lowest BCUT2D eigenvalue weighted by Crippen LogP contribution is -2.12. The largest absolute Gasteiger partial charge is 0.330 e. The van der Waals surface area contributed by atoms with Crippen molar-refractivity contribution in [2.75, 3.05) is 11.9 Å². The first kappa shape index (κ1) is 16.2. The Morgan fingerprint density at radius 2 is 1.85 bits per heavy atom. The van der Waals surface area contributed by atoms with Gasteiger partial charge in [-0.3, -0.25) is 4.79 Å². The number of amides is 1. The minimum absolute atomic E-state index is 0. The van der Waals surface area contributed by atoms with Crippen molar-refractivity contribution in [3.05, 3.63) is 65.2 Å². The molecule has 0 radical (unpaired) electrons. The quantitative estimate of drug-likeness (QED) is 0.909. The molecule has 0 aliphatic rings. The molecule has 0 aliphatic heterocycles. The number of anilines is 1. The molecule has 2 rings (SSSR count). The third-order valence-corrected chi connectivity index (χ3v) is 2.93. The van der Waals surface area contributed by atoms with Crippen LogP contribution in [0.2, 0.25) is 0 Å². The highest BCUT2D eigenvalue weighted by molar-refractivity contribution is 6.04. The smallest absolute Gasteiger partial charge is 0.255 e. The van der Waals surface area contributed by atoms with E-state index in [2.05, 4.69) is 5.32 Å². The molecule has 20 heavy (non-hydrogen) atoms. The van der Waals surface area contributed by atoms with Crippen LogP contribution in [-0.4, -0.2) is 12.5 Å². The van der Waals surface area contributed by atoms with Crippen LogP contribution < -0.4 is 11.1 Å². The molecule has 0 unspecified atom stereocenters. The SMILES string of the molecule is Cc1cccc(C(=O)Nc2ccc(CCN)cc2)c1.Cl. The zero-order valence-electron chi connectivity index (χ0n) is 11.4. The predicted molar refractivity (Wildman–Crippen MR) is 85.6 cm³/mol. The van der Waals surface area contributed by atoms with Crippen LogP contribution in [0.15, 0.2) is 48.5 Å². The number of halogens is 1. The second kappa shape index (κ2) is 7.68. The van der Waals surface area contributed by atoms with E-state index in [9.17, 15) is 4.79 Å². The van der Waals surface area contributed by atoms with Gasteiger partial charge in [0.25, 0.3) is 5.91 Å². The molecular weight excluding hydrogens is 272 g/mol. The maximum absolute atomic E-state index is 12.0. The van der Waals surface area contributed by atoms with Crippen LogP contribution in [0.5, 0.6) is 0 Å². The van der Waals surface area contributed by atoms with Crippen molar-refractivity contribution in [1.82, 2.24) is 0 Å². The Morgan fingerprint density at radius 3 is 2.45 bits per heavy atom. The van der Waals surface area contributed by atoms with Crippen molar-refractivity contribution in [2.45, 2.75) is 13.3 Å². The van der Waals surface area contributed by atoms with Crippen molar-refractivity contribution in [1.29, 1.82) is 0 Å². The molecule has 0 aliphatic carbocycles. The number of carbonyl (C=O) groups is 1. The molecule has 0 atom stereocenters. The topological polar surface area (TPSA) is 55.1 Å². The lowest BCUT2D eigenvalue weighted by molar-refractivity contribution is 0.102. The van der Waals surface area contributed by atoms with Crippen molar-refractivity contribution in [3.63, 3.8) is 0 Å². The Labute approximate surface area is 125 Å². The van der Waals surface area contributed by atoms with Crippen LogP contribution in [0.25, 0.3) is 0 Å². The Hall–Kier alpha value is -1.84. The van der Waals surface area contributed by atoms with Crippen molar-refractivity contribution < 1.29 is 4.79 Å². The second-order valence-corrected chi connectivity index (χ2v) is 4.56. The maximum Gasteiger partial charge on any atom is 0.255 e. The highest BCUT2D eigenvalue weighted by Crippen LogP contribution is 2.12. The fourth-order valence-corrected chi connectivity index (χ4v) is 1.91. The highest BCUT2D eigenvalue weighted by Gasteiger charge is 2.05. The van der Waals surface area contributed by atoms with Crippen LogP contribution in [0.1, 0.15) is 21.5 Å². The fraction of sp³-hybridized carbons (Fsp3) is 0.188. The summed E-state index contributed by atoms with van der Waals surface area (Å²) in [5, 5.41) is 2.88. The van der Waals surface area contributed by atoms with Gasteiger partial charge >= 0.3 is 0 Å². The van der Waals surface area contributed by atoms with Crippen LogP contribution >= 0.6 is 12.4 Å². The summed E-state index contributed by atoms with van der Waals surface area (Å²) >= 11 is 0. The third-order valence-electron chi connectivity index (χ3n) is 2.93. The predicted octanol–water partition coefficient (Wildman–Crippen LogP) is 3.17. The van der Waals surface area contributed by atoms with Crippen LogP contribution in [0.4, 0.5) is 5.69 Å². The minimum atomic E-state index is -0.0877. The third kappa shape index (κ3) is 4.37. The normalized spacial score (nSPS) is 9.70. The number of aryl methyl sites for hydroxylation is 1. The van der Waals surface area contributed by atoms with Gasteiger partial charge in [-0.1, -0.05) is 29.8 Å². The Kier molecular flexibility index (Phi) is 6.22. The summed E-state index contributed by atoms with van der Waals surface area (Å²) in [6, 6.07) is 15.3. The molecule has 3 nitrogen and oxygen atoms in total. The molecule has 0 heterocycles. The van der Waals surface area contributed by atoms with Gasteiger partial charge in [0.2, 0.25) is 0 Å². The monoisotopic (exact) mass is 290 g/mol. The van der Waals surface area contributed by atoms with Gasteiger partial charge in [0.15, 0.2) is 0 Å². The van der Waals surface area contributed by atoms with E-state index in [-0.39, 0.29) is 18.3 Å². The van der Waals surface area contributed by atoms with Gasteiger partial charge in [-0.25, -0.2) is 0 Å². The van der Waals surface area contributed by atoms with Gasteiger partial charge in [0, 0.05) is 11.3 Å². The molecule has 0 aromatic heterocycles. The summed E-state index contributed by atoms with van der Waals surface area (Å²) in [6.07, 6.45) is 0.853. The molecule has 3 N–H and O–H groups in total. The van der Waals surface area contributed by atoms with Gasteiger partial charge in [-0.2, -0.15) is 0 Å². The van der Waals surface area contributed by atoms with E-state index >= 15 is 0 Å². The van der Waals surface area contributed by atoms with Crippen LogP contribution in [-0.2, 0) is 6.42 Å². The van der Waals surface area contributed by atoms with E-state index in [0.29, 0.717) is 12.1 Å². The number of carbonyl (C=O) groups excluding carboxylic acids is 1. The number of hydrogen-bond donors (Lipinski definition) is 2. The average molecular weight is 291 g/mol. The molecule has 0 bridgehead atoms. The Balaban J connectivity index is 0.00000200. The van der Waals surface area contributed by atoms with E-state index < -0.39 is 0 Å². The molecule has 0 saturated heterocycles. The summed E-state index contributed by atoms with van der Waals surface area (Å²) in [4.78, 5) is 12.0. The van der Waals surface area contributed by atoms with Crippen LogP contribution in [0.3, 0.4) is 0 Å². The molecular formula is C16H19ClN2O. The number of rotatable bonds is 4. The highest BCUT2D eigenvalue weighted by atomic mass is 35.5. The molecule has 2 aromatic rings. The number of benzene rings is 2. The molecule has 106 valence electrons. The lowest BCUT2D eigenvalue weighted by atomic mass is 10.1. The summed E-state index contributed by atoms with van der Waals surface area (Å²) in [7, 11) is 0. The molecule has 0 spiro atoms. The maximum atomic E-state index is 12.0. The van der Waals surface area contributed by atoms with Crippen LogP contribution in [0, 0.1) is 6.92 Å². The zero-order chi connectivity index (χ0) is 13.7. The van der Waals surface area contributed by atoms with E-state index in [1.165, 1.54) is 5.56 Å². The lowest BCUT2D eigenvalue weighted by Gasteiger charge is -2.07. The number of hydrogen-bond acceptors (Lipinski definition) is 2. The molecule has 4 heteroatoms. The first-order chi connectivity index (χ1) is 9.19. The average Bonchev–Trinajstić information content (AvgIpc) is 2.41. The minimum Gasteiger partial charge on any atom is -0.330 e. The molecule has 2 aromatic carbocycles. The van der Waals surface area contributed by atoms with Gasteiger partial charge in [0.05, 0.1) is 0 Å². The van der Waals surface area contributed by atoms with E-state index in [0.717, 1.165) is 17.7 Å². The number of nitrogens with two attached hydrogens (primary N) is 1. The Morgan fingerprint density at radius 1 is 1.15 bits per heavy atom. The second-order valence-electron chi connectivity index (χ2n) is 4.56. The standard InChI is InChI=1S/C16H18N2O.ClH/c1-12-3-2-4-14(11-12)16(19)18-15-7-5-13(6-8-15)9-10-17;/h2-8,11H,9-10,17H2,1H3,(H,18,19);1H. The summed E-state index contributed by atoms with van der Waals surface area (Å²) < 4.78 is 0. The van der Waals surface area contributed by atoms with Gasteiger partial charge in [-0.15, -0.1) is 12.4 Å². The fourth-order valence-electron chi connectivity index (χ4n) is 1.91. The zero-order valence-corrected chi connectivity index (χ0v) is 12.2. The van der Waals surface area contributed by atoms with Gasteiger partial charge in [-0.05, 0) is 49.7 Å². The van der Waals surface area contributed by atoms with E-state index in [1.54, 1.807) is 0 Å². The first-order valence-corrected chi connectivity index (χ1v) is 6.36. The molecule has 0 fully saturated rings. The van der Waals surface area contributed by atoms with E-state index in [4.69, 9.17) is 5.73 Å². The molecule has 1 amide bonds.